The first-order valence-corrected chi connectivity index (χ1v) is 13.7. The molecule has 3 aromatic rings. The molecule has 0 aromatic heterocycles. The number of benzene rings is 3. The van der Waals surface area contributed by atoms with E-state index in [2.05, 4.69) is 9.98 Å². The molecule has 2 aliphatic heterocycles. The highest BCUT2D eigenvalue weighted by Crippen LogP contribution is 2.54. The Morgan fingerprint density at radius 3 is 1.60 bits per heavy atom. The monoisotopic (exact) mass is 642 g/mol. The number of aryl methyl sites for hydroxylation is 3. The van der Waals surface area contributed by atoms with Crippen molar-refractivity contribution in [1.82, 2.24) is 0 Å². The van der Waals surface area contributed by atoms with Crippen LogP contribution in [0.5, 0.6) is 0 Å². The van der Waals surface area contributed by atoms with Gasteiger partial charge in [-0.25, -0.2) is 9.98 Å². The Labute approximate surface area is 252 Å². The highest BCUT2D eigenvalue weighted by Gasteiger charge is 2.60. The van der Waals surface area contributed by atoms with E-state index < -0.39 is 57.9 Å². The summed E-state index contributed by atoms with van der Waals surface area (Å²) >= 11 is 0. The Morgan fingerprint density at radius 1 is 0.644 bits per heavy atom. The van der Waals surface area contributed by atoms with Gasteiger partial charge in [0.05, 0.1) is 11.4 Å². The molecule has 2 aliphatic rings. The van der Waals surface area contributed by atoms with Crippen molar-refractivity contribution >= 4 is 23.2 Å². The van der Waals surface area contributed by atoms with Crippen molar-refractivity contribution in [3.8, 4) is 0 Å². The molecule has 5 rings (SSSR count). The van der Waals surface area contributed by atoms with Crippen molar-refractivity contribution in [2.75, 3.05) is 0 Å². The minimum atomic E-state index is -5.13. The molecule has 0 saturated heterocycles. The Hall–Kier alpha value is -4.03. The number of ether oxygens (including phenoxy) is 2. The van der Waals surface area contributed by atoms with Crippen LogP contribution in [-0.2, 0) is 20.7 Å². The molecule has 0 amide bonds. The number of fused-ring (bicyclic) bond motifs is 2. The average molecular weight is 643 g/mol. The fraction of sp³-hybridized carbons (Fsp3) is 0.375. The molecule has 0 spiro atoms. The maximum atomic E-state index is 14.9. The summed E-state index contributed by atoms with van der Waals surface area (Å²) in [6, 6.07) is 9.91. The lowest BCUT2D eigenvalue weighted by atomic mass is 9.80. The molecule has 0 radical (unpaired) electrons. The summed E-state index contributed by atoms with van der Waals surface area (Å²) in [4.78, 5) is 8.28. The topological polar surface area (TPSA) is 43.2 Å². The predicted octanol–water partition coefficient (Wildman–Crippen LogP) is 10.0. The van der Waals surface area contributed by atoms with Gasteiger partial charge in [0.2, 0.25) is 17.1 Å². The molecule has 3 aromatic carbocycles. The van der Waals surface area contributed by atoms with Gasteiger partial charge in [-0.05, 0) is 81.1 Å². The van der Waals surface area contributed by atoms with Crippen LogP contribution in [0.2, 0.25) is 0 Å². The number of aliphatic imine (C=N–C) groups is 2. The van der Waals surface area contributed by atoms with Gasteiger partial charge < -0.3 is 9.47 Å². The minimum Gasteiger partial charge on any atom is -0.460 e. The molecular formula is C32H27F9N2O2. The third-order valence-electron chi connectivity index (χ3n) is 8.15. The van der Waals surface area contributed by atoms with Gasteiger partial charge in [-0.2, -0.15) is 39.5 Å². The van der Waals surface area contributed by atoms with Gasteiger partial charge in [-0.3, -0.25) is 0 Å². The third kappa shape index (κ3) is 5.33. The molecule has 13 heteroatoms. The maximum Gasteiger partial charge on any atom is 0.432 e. The zero-order chi connectivity index (χ0) is 33.5. The summed E-state index contributed by atoms with van der Waals surface area (Å²) in [6.07, 6.45) is -15.3. The minimum absolute atomic E-state index is 0.000386. The highest BCUT2D eigenvalue weighted by atomic mass is 19.4. The van der Waals surface area contributed by atoms with Crippen LogP contribution in [0.1, 0.15) is 71.2 Å². The fourth-order valence-corrected chi connectivity index (χ4v) is 5.77. The van der Waals surface area contributed by atoms with Crippen molar-refractivity contribution < 1.29 is 49.0 Å². The Kier molecular flexibility index (Phi) is 7.37. The van der Waals surface area contributed by atoms with Crippen molar-refractivity contribution in [3.63, 3.8) is 0 Å². The van der Waals surface area contributed by atoms with Gasteiger partial charge in [0.15, 0.2) is 5.90 Å². The van der Waals surface area contributed by atoms with E-state index in [4.69, 9.17) is 9.47 Å². The van der Waals surface area contributed by atoms with E-state index in [1.54, 1.807) is 25.1 Å². The standard InChI is InChI=1S/C32H27F9N2O2/c1-15-8-7-9-19(10-15)27-43-26-17(3)12-21(14-23(26)29(6,45-27)32(39,40)41)24(30(33,34)35)20-11-16(2)25-22(13-20)28(5,31(36,37)38)44-18(4)42-25/h7-14,24H,1-6H3. The Balaban J connectivity index is 1.76. The van der Waals surface area contributed by atoms with Crippen LogP contribution in [0.3, 0.4) is 0 Å². The van der Waals surface area contributed by atoms with Gasteiger partial charge >= 0.3 is 18.5 Å². The molecule has 3 unspecified atom stereocenters. The van der Waals surface area contributed by atoms with Gasteiger partial charge in [0.1, 0.15) is 5.92 Å². The van der Waals surface area contributed by atoms with Crippen molar-refractivity contribution in [2.45, 2.75) is 77.2 Å². The molecule has 0 aliphatic carbocycles. The molecule has 0 fully saturated rings. The quantitative estimate of drug-likeness (QED) is 0.267. The van der Waals surface area contributed by atoms with Crippen LogP contribution in [0.15, 0.2) is 58.5 Å². The zero-order valence-corrected chi connectivity index (χ0v) is 24.8. The first-order valence-electron chi connectivity index (χ1n) is 13.7. The molecule has 4 nitrogen and oxygen atoms in total. The van der Waals surface area contributed by atoms with Gasteiger partial charge in [0.25, 0.3) is 0 Å². The summed E-state index contributed by atoms with van der Waals surface area (Å²) < 4.78 is 142. The lowest BCUT2D eigenvalue weighted by Crippen LogP contribution is -2.45. The summed E-state index contributed by atoms with van der Waals surface area (Å²) in [5.41, 5.74) is -8.16. The van der Waals surface area contributed by atoms with Crippen LogP contribution in [0.4, 0.5) is 50.9 Å². The van der Waals surface area contributed by atoms with Crippen molar-refractivity contribution in [1.29, 1.82) is 0 Å². The maximum absolute atomic E-state index is 14.9. The molecule has 3 atom stereocenters. The molecule has 45 heavy (non-hydrogen) atoms. The SMILES string of the molecule is CC1=Nc2c(C)cc(C(c3cc(C)c4c(c3)C(C)(C(F)(F)F)OC(c3cccc(C)c3)=N4)C(F)(F)F)cc2C(C)(C(F)(F)F)O1. The zero-order valence-electron chi connectivity index (χ0n) is 24.8. The van der Waals surface area contributed by atoms with E-state index in [1.165, 1.54) is 26.8 Å². The number of alkyl halides is 9. The predicted molar refractivity (Wildman–Crippen MR) is 149 cm³/mol. The first-order chi connectivity index (χ1) is 20.6. The number of nitrogens with zero attached hydrogens (tertiary/aromatic N) is 2. The van der Waals surface area contributed by atoms with E-state index in [0.29, 0.717) is 25.5 Å². The molecule has 2 heterocycles. The van der Waals surface area contributed by atoms with E-state index in [-0.39, 0.29) is 39.9 Å². The third-order valence-corrected chi connectivity index (χ3v) is 8.15. The summed E-state index contributed by atoms with van der Waals surface area (Å²) in [5, 5.41) is 0. The highest BCUT2D eigenvalue weighted by molar-refractivity contribution is 5.98. The molecule has 240 valence electrons. The Morgan fingerprint density at radius 2 is 1.13 bits per heavy atom. The average Bonchev–Trinajstić information content (AvgIpc) is 2.88. The van der Waals surface area contributed by atoms with E-state index >= 15 is 0 Å². The lowest BCUT2D eigenvalue weighted by molar-refractivity contribution is -0.253. The van der Waals surface area contributed by atoms with E-state index in [0.717, 1.165) is 18.2 Å². The van der Waals surface area contributed by atoms with Crippen LogP contribution >= 0.6 is 0 Å². The van der Waals surface area contributed by atoms with Gasteiger partial charge in [-0.15, -0.1) is 0 Å². The van der Waals surface area contributed by atoms with Gasteiger partial charge in [-0.1, -0.05) is 29.8 Å². The van der Waals surface area contributed by atoms with E-state index in [9.17, 15) is 39.5 Å². The van der Waals surface area contributed by atoms with Crippen LogP contribution in [-0.4, -0.2) is 30.3 Å². The smallest absolute Gasteiger partial charge is 0.432 e. The second-order valence-corrected chi connectivity index (χ2v) is 11.6. The number of halogens is 9. The molecule has 0 N–H and O–H groups in total. The summed E-state index contributed by atoms with van der Waals surface area (Å²) in [6.45, 7) is 6.94. The second kappa shape index (κ2) is 10.2. The summed E-state index contributed by atoms with van der Waals surface area (Å²) in [7, 11) is 0. The second-order valence-electron chi connectivity index (χ2n) is 11.6. The van der Waals surface area contributed by atoms with Crippen molar-refractivity contribution in [2.24, 2.45) is 9.98 Å². The van der Waals surface area contributed by atoms with Crippen LogP contribution in [0.25, 0.3) is 0 Å². The molecule has 0 bridgehead atoms. The normalized spacial score (nSPS) is 22.4. The van der Waals surface area contributed by atoms with Crippen LogP contribution in [0, 0.1) is 20.8 Å². The number of rotatable bonds is 3. The Bertz CT molecular complexity index is 1750. The fourth-order valence-electron chi connectivity index (χ4n) is 5.77. The largest absolute Gasteiger partial charge is 0.460 e. The summed E-state index contributed by atoms with van der Waals surface area (Å²) in [5.74, 6) is -3.30. The van der Waals surface area contributed by atoms with E-state index in [1.807, 2.05) is 0 Å². The molecular weight excluding hydrogens is 615 g/mol. The van der Waals surface area contributed by atoms with Crippen LogP contribution < -0.4 is 0 Å². The lowest BCUT2D eigenvalue weighted by Gasteiger charge is -2.38. The first kappa shape index (κ1) is 32.4. The van der Waals surface area contributed by atoms with Crippen molar-refractivity contribution in [3.05, 3.63) is 93.0 Å². The molecule has 0 saturated carbocycles. The van der Waals surface area contributed by atoms with Gasteiger partial charge in [0, 0.05) is 23.6 Å². The number of hydrogen-bond acceptors (Lipinski definition) is 4. The number of hydrogen-bond donors (Lipinski definition) is 0.